The lowest BCUT2D eigenvalue weighted by molar-refractivity contribution is -0.138. The summed E-state index contributed by atoms with van der Waals surface area (Å²) in [5.74, 6) is -0.277. The van der Waals surface area contributed by atoms with Crippen molar-refractivity contribution in [1.29, 1.82) is 0 Å². The van der Waals surface area contributed by atoms with E-state index < -0.39 is 11.9 Å². The molecule has 0 saturated carbocycles. The van der Waals surface area contributed by atoms with E-state index in [2.05, 4.69) is 15.9 Å². The molecule has 0 aromatic heterocycles. The van der Waals surface area contributed by atoms with Gasteiger partial charge in [0.1, 0.15) is 0 Å². The molecule has 1 atom stereocenters. The number of carboxylic acid groups (broad SMARTS) is 1. The Kier molecular flexibility index (Phi) is 5.19. The highest BCUT2D eigenvalue weighted by Crippen LogP contribution is 2.24. The van der Waals surface area contributed by atoms with Crippen LogP contribution in [0.1, 0.15) is 17.9 Å². The van der Waals surface area contributed by atoms with Crippen molar-refractivity contribution in [1.82, 2.24) is 0 Å². The van der Waals surface area contributed by atoms with Crippen LogP contribution in [-0.2, 0) is 4.79 Å². The van der Waals surface area contributed by atoms with Gasteiger partial charge in [0, 0.05) is 4.47 Å². The van der Waals surface area contributed by atoms with E-state index in [-0.39, 0.29) is 0 Å². The third-order valence-electron chi connectivity index (χ3n) is 2.16. The molecular weight excluding hydrogens is 276 g/mol. The van der Waals surface area contributed by atoms with Gasteiger partial charge < -0.3 is 5.11 Å². The van der Waals surface area contributed by atoms with Gasteiger partial charge in [-0.2, -0.15) is 11.8 Å². The van der Waals surface area contributed by atoms with Crippen LogP contribution in [0, 0.1) is 0 Å². The zero-order valence-electron chi connectivity index (χ0n) is 8.44. The first-order chi connectivity index (χ1) is 7.15. The van der Waals surface area contributed by atoms with Gasteiger partial charge in [-0.25, -0.2) is 0 Å². The Bertz CT molecular complexity index is 341. The fourth-order valence-electron chi connectivity index (χ4n) is 1.39. The van der Waals surface area contributed by atoms with Gasteiger partial charge in [-0.05, 0) is 36.1 Å². The van der Waals surface area contributed by atoms with Crippen molar-refractivity contribution in [3.63, 3.8) is 0 Å². The molecule has 0 radical (unpaired) electrons. The fraction of sp³-hybridized carbons (Fsp3) is 0.364. The number of benzene rings is 1. The van der Waals surface area contributed by atoms with E-state index in [0.717, 1.165) is 15.8 Å². The summed E-state index contributed by atoms with van der Waals surface area (Å²) in [5.41, 5.74) is 0.867. The zero-order chi connectivity index (χ0) is 11.3. The lowest BCUT2D eigenvalue weighted by Crippen LogP contribution is -2.12. The highest BCUT2D eigenvalue weighted by molar-refractivity contribution is 9.10. The van der Waals surface area contributed by atoms with Crippen LogP contribution in [0.5, 0.6) is 0 Å². The van der Waals surface area contributed by atoms with Crippen molar-refractivity contribution < 1.29 is 9.90 Å². The van der Waals surface area contributed by atoms with Crippen LogP contribution in [-0.4, -0.2) is 23.1 Å². The SMILES string of the molecule is CSCCC(C(=O)O)c1cccc(Br)c1. The van der Waals surface area contributed by atoms with Gasteiger partial charge in [-0.15, -0.1) is 0 Å². The highest BCUT2D eigenvalue weighted by Gasteiger charge is 2.19. The molecule has 0 saturated heterocycles. The highest BCUT2D eigenvalue weighted by atomic mass is 79.9. The summed E-state index contributed by atoms with van der Waals surface area (Å²) < 4.78 is 0.926. The van der Waals surface area contributed by atoms with Crippen LogP contribution in [0.2, 0.25) is 0 Å². The first kappa shape index (κ1) is 12.6. The maximum absolute atomic E-state index is 11.1. The van der Waals surface area contributed by atoms with E-state index >= 15 is 0 Å². The number of aliphatic carboxylic acids is 1. The zero-order valence-corrected chi connectivity index (χ0v) is 10.8. The molecule has 2 nitrogen and oxygen atoms in total. The molecule has 0 aliphatic carbocycles. The van der Waals surface area contributed by atoms with E-state index in [1.54, 1.807) is 11.8 Å². The van der Waals surface area contributed by atoms with Gasteiger partial charge in [-0.1, -0.05) is 28.1 Å². The Labute approximate surface area is 102 Å². The maximum atomic E-state index is 11.1. The molecule has 0 spiro atoms. The monoisotopic (exact) mass is 288 g/mol. The van der Waals surface area contributed by atoms with Crippen LogP contribution in [0.3, 0.4) is 0 Å². The number of hydrogen-bond acceptors (Lipinski definition) is 2. The van der Waals surface area contributed by atoms with Crippen molar-refractivity contribution in [2.45, 2.75) is 12.3 Å². The molecule has 4 heteroatoms. The molecular formula is C11H13BrO2S. The van der Waals surface area contributed by atoms with E-state index in [4.69, 9.17) is 5.11 Å². The number of carbonyl (C=O) groups is 1. The quantitative estimate of drug-likeness (QED) is 0.903. The number of thioether (sulfide) groups is 1. The molecule has 0 heterocycles. The van der Waals surface area contributed by atoms with E-state index in [9.17, 15) is 4.79 Å². The molecule has 0 fully saturated rings. The lowest BCUT2D eigenvalue weighted by atomic mass is 9.97. The Balaban J connectivity index is 2.84. The second kappa shape index (κ2) is 6.18. The van der Waals surface area contributed by atoms with Crippen LogP contribution < -0.4 is 0 Å². The van der Waals surface area contributed by atoms with Gasteiger partial charge in [0.15, 0.2) is 0 Å². The normalized spacial score (nSPS) is 12.4. The minimum Gasteiger partial charge on any atom is -0.481 e. The third kappa shape index (κ3) is 3.87. The molecule has 1 N–H and O–H groups in total. The Hall–Kier alpha value is -0.480. The molecule has 0 aliphatic heterocycles. The first-order valence-corrected chi connectivity index (χ1v) is 6.81. The Morgan fingerprint density at radius 3 is 2.87 bits per heavy atom. The Morgan fingerprint density at radius 2 is 2.33 bits per heavy atom. The standard InChI is InChI=1S/C11H13BrO2S/c1-15-6-5-10(11(13)14)8-3-2-4-9(12)7-8/h2-4,7,10H,5-6H2,1H3,(H,13,14). The van der Waals surface area contributed by atoms with Gasteiger partial charge in [0.2, 0.25) is 0 Å². The number of rotatable bonds is 5. The number of carboxylic acids is 1. The minimum absolute atomic E-state index is 0.394. The predicted molar refractivity (Wildman–Crippen MR) is 67.5 cm³/mol. The smallest absolute Gasteiger partial charge is 0.311 e. The molecule has 1 aromatic carbocycles. The molecule has 1 rings (SSSR count). The van der Waals surface area contributed by atoms with Crippen molar-refractivity contribution in [3.8, 4) is 0 Å². The van der Waals surface area contributed by atoms with Crippen molar-refractivity contribution in [3.05, 3.63) is 34.3 Å². The van der Waals surface area contributed by atoms with Crippen molar-refractivity contribution in [2.75, 3.05) is 12.0 Å². The van der Waals surface area contributed by atoms with Gasteiger partial charge >= 0.3 is 5.97 Å². The van der Waals surface area contributed by atoms with Crippen LogP contribution in [0.4, 0.5) is 0 Å². The third-order valence-corrected chi connectivity index (χ3v) is 3.30. The summed E-state index contributed by atoms with van der Waals surface area (Å²) in [4.78, 5) is 11.1. The maximum Gasteiger partial charge on any atom is 0.311 e. The second-order valence-corrected chi connectivity index (χ2v) is 5.13. The first-order valence-electron chi connectivity index (χ1n) is 4.62. The fourth-order valence-corrected chi connectivity index (χ4v) is 2.28. The van der Waals surface area contributed by atoms with Gasteiger partial charge in [-0.3, -0.25) is 4.79 Å². The number of hydrogen-bond donors (Lipinski definition) is 1. The second-order valence-electron chi connectivity index (χ2n) is 3.23. The number of halogens is 1. The molecule has 0 aliphatic rings. The Morgan fingerprint density at radius 1 is 1.60 bits per heavy atom. The average Bonchev–Trinajstić information content (AvgIpc) is 2.18. The van der Waals surface area contributed by atoms with Crippen LogP contribution in [0.25, 0.3) is 0 Å². The minimum atomic E-state index is -0.748. The van der Waals surface area contributed by atoms with Crippen LogP contribution in [0.15, 0.2) is 28.7 Å². The summed E-state index contributed by atoms with van der Waals surface area (Å²) >= 11 is 5.02. The largest absolute Gasteiger partial charge is 0.481 e. The summed E-state index contributed by atoms with van der Waals surface area (Å²) in [6.45, 7) is 0. The lowest BCUT2D eigenvalue weighted by Gasteiger charge is -2.12. The van der Waals surface area contributed by atoms with Crippen molar-refractivity contribution >= 4 is 33.7 Å². The molecule has 1 aromatic rings. The molecule has 0 bridgehead atoms. The summed E-state index contributed by atoms with van der Waals surface area (Å²) in [7, 11) is 0. The molecule has 82 valence electrons. The van der Waals surface area contributed by atoms with E-state index in [1.165, 1.54) is 0 Å². The van der Waals surface area contributed by atoms with Crippen molar-refractivity contribution in [2.24, 2.45) is 0 Å². The predicted octanol–water partition coefficient (Wildman–Crippen LogP) is 3.37. The van der Waals surface area contributed by atoms with Gasteiger partial charge in [0.05, 0.1) is 5.92 Å². The average molecular weight is 289 g/mol. The summed E-state index contributed by atoms with van der Waals surface area (Å²) in [6, 6.07) is 7.51. The molecule has 1 unspecified atom stereocenters. The summed E-state index contributed by atoms with van der Waals surface area (Å²) in [5, 5.41) is 9.12. The van der Waals surface area contributed by atoms with E-state index in [1.807, 2.05) is 30.5 Å². The molecule has 0 amide bonds. The van der Waals surface area contributed by atoms with E-state index in [0.29, 0.717) is 6.42 Å². The van der Waals surface area contributed by atoms with Gasteiger partial charge in [0.25, 0.3) is 0 Å². The van der Waals surface area contributed by atoms with Crippen LogP contribution >= 0.6 is 27.7 Å². The molecule has 15 heavy (non-hydrogen) atoms. The summed E-state index contributed by atoms with van der Waals surface area (Å²) in [6.07, 6.45) is 2.66. The topological polar surface area (TPSA) is 37.3 Å².